The quantitative estimate of drug-likeness (QED) is 0.229. The minimum Gasteiger partial charge on any atom is -0.288 e. The summed E-state index contributed by atoms with van der Waals surface area (Å²) in [6.45, 7) is 0. The van der Waals surface area contributed by atoms with Crippen molar-refractivity contribution in [3.8, 4) is 11.1 Å². The van der Waals surface area contributed by atoms with E-state index in [1.165, 1.54) is 52.8 Å². The molecule has 0 fully saturated rings. The second kappa shape index (κ2) is 8.70. The van der Waals surface area contributed by atoms with E-state index in [-0.39, 0.29) is 16.7 Å². The van der Waals surface area contributed by atoms with Crippen LogP contribution in [0.5, 0.6) is 0 Å². The predicted molar refractivity (Wildman–Crippen MR) is 101 cm³/mol. The average molecular weight is 455 g/mol. The van der Waals surface area contributed by atoms with Crippen LogP contribution in [-0.2, 0) is 15.8 Å². The highest BCUT2D eigenvalue weighted by atomic mass is 32.2. The number of pyridine rings is 1. The largest absolute Gasteiger partial charge is 0.288 e. The van der Waals surface area contributed by atoms with Crippen molar-refractivity contribution in [3.63, 3.8) is 0 Å². The first-order valence-electron chi connectivity index (χ1n) is 8.45. The molecule has 1 amide bonds. The van der Waals surface area contributed by atoms with Crippen LogP contribution in [0.4, 0.5) is 23.2 Å². The standard InChI is InChI=1S/C19H13F4N3O4S/c20-14-13(12-2-1-7-24-8-12)15(21)17(23)18(16(14)22)26-31(29,30)9-10-3-5-11(6-4-10)19(27)25-28/h1-8,26,28H,9H2,(H,25,27). The SMILES string of the molecule is O=C(NO)c1ccc(CS(=O)(=O)Nc2c(F)c(F)c(-c3cccnc3)c(F)c2F)cc1. The summed E-state index contributed by atoms with van der Waals surface area (Å²) < 4.78 is 83.9. The third-order valence-corrected chi connectivity index (χ3v) is 5.37. The summed E-state index contributed by atoms with van der Waals surface area (Å²) in [6.07, 6.45) is 2.28. The van der Waals surface area contributed by atoms with Crippen LogP contribution >= 0.6 is 0 Å². The van der Waals surface area contributed by atoms with Crippen molar-refractivity contribution in [3.05, 3.63) is 83.2 Å². The second-order valence-corrected chi connectivity index (χ2v) is 7.97. The van der Waals surface area contributed by atoms with Gasteiger partial charge in [0.25, 0.3) is 5.91 Å². The lowest BCUT2D eigenvalue weighted by atomic mass is 10.0. The van der Waals surface area contributed by atoms with Crippen molar-refractivity contribution >= 4 is 21.6 Å². The maximum atomic E-state index is 14.4. The van der Waals surface area contributed by atoms with Gasteiger partial charge >= 0.3 is 0 Å². The van der Waals surface area contributed by atoms with Gasteiger partial charge in [-0.25, -0.2) is 31.5 Å². The van der Waals surface area contributed by atoms with Gasteiger partial charge in [0, 0.05) is 23.5 Å². The molecular weight excluding hydrogens is 442 g/mol. The van der Waals surface area contributed by atoms with Crippen molar-refractivity contribution in [2.75, 3.05) is 4.72 Å². The van der Waals surface area contributed by atoms with Gasteiger partial charge in [-0.05, 0) is 23.8 Å². The van der Waals surface area contributed by atoms with E-state index in [9.17, 15) is 30.8 Å². The van der Waals surface area contributed by atoms with Gasteiger partial charge in [-0.1, -0.05) is 18.2 Å². The number of halogens is 4. The number of nitrogens with one attached hydrogen (secondary N) is 2. The number of hydrogen-bond acceptors (Lipinski definition) is 5. The molecule has 0 aliphatic carbocycles. The lowest BCUT2D eigenvalue weighted by molar-refractivity contribution is 0.0706. The molecular formula is C19H13F4N3O4S. The van der Waals surface area contributed by atoms with Crippen LogP contribution in [0.2, 0.25) is 0 Å². The van der Waals surface area contributed by atoms with Crippen LogP contribution in [-0.4, -0.2) is 24.5 Å². The molecule has 3 aromatic rings. The first kappa shape index (κ1) is 22.2. The number of hydrogen-bond donors (Lipinski definition) is 3. The minimum atomic E-state index is -4.51. The van der Waals surface area contributed by atoms with E-state index in [4.69, 9.17) is 5.21 Å². The van der Waals surface area contributed by atoms with Crippen LogP contribution in [0.1, 0.15) is 15.9 Å². The molecule has 3 rings (SSSR count). The summed E-state index contributed by atoms with van der Waals surface area (Å²) in [5.74, 6) is -9.07. The number of rotatable bonds is 6. The summed E-state index contributed by atoms with van der Waals surface area (Å²) >= 11 is 0. The number of benzene rings is 2. The topological polar surface area (TPSA) is 108 Å². The Labute approximate surface area is 173 Å². The van der Waals surface area contributed by atoms with Crippen molar-refractivity contribution in [1.29, 1.82) is 0 Å². The molecule has 0 aliphatic rings. The van der Waals surface area contributed by atoms with Gasteiger partial charge in [0.1, 0.15) is 5.69 Å². The van der Waals surface area contributed by atoms with Crippen LogP contribution < -0.4 is 10.2 Å². The van der Waals surface area contributed by atoms with Gasteiger partial charge in [0.15, 0.2) is 23.3 Å². The molecule has 0 saturated carbocycles. The molecule has 2 aromatic carbocycles. The summed E-state index contributed by atoms with van der Waals surface area (Å²) in [5.41, 5.74) is -1.26. The fourth-order valence-electron chi connectivity index (χ4n) is 2.71. The molecule has 7 nitrogen and oxygen atoms in total. The number of amides is 1. The third kappa shape index (κ3) is 4.64. The number of hydroxylamine groups is 1. The van der Waals surface area contributed by atoms with E-state index < -0.39 is 56.2 Å². The Morgan fingerprint density at radius 1 is 0.968 bits per heavy atom. The Kier molecular flexibility index (Phi) is 6.22. The van der Waals surface area contributed by atoms with Gasteiger partial charge < -0.3 is 0 Å². The molecule has 12 heteroatoms. The fraction of sp³-hybridized carbons (Fsp3) is 0.0526. The van der Waals surface area contributed by atoms with Gasteiger partial charge in [0.05, 0.1) is 11.3 Å². The molecule has 0 unspecified atom stereocenters. The highest BCUT2D eigenvalue weighted by Crippen LogP contribution is 2.34. The molecule has 1 aromatic heterocycles. The highest BCUT2D eigenvalue weighted by molar-refractivity contribution is 7.91. The van der Waals surface area contributed by atoms with Crippen LogP contribution in [0.15, 0.2) is 48.8 Å². The molecule has 0 atom stereocenters. The van der Waals surface area contributed by atoms with Crippen LogP contribution in [0.25, 0.3) is 11.1 Å². The number of nitrogens with zero attached hydrogens (tertiary/aromatic N) is 1. The third-order valence-electron chi connectivity index (χ3n) is 4.15. The molecule has 3 N–H and O–H groups in total. The van der Waals surface area contributed by atoms with E-state index in [0.717, 1.165) is 6.20 Å². The van der Waals surface area contributed by atoms with Crippen LogP contribution in [0.3, 0.4) is 0 Å². The number of aromatic nitrogens is 1. The van der Waals surface area contributed by atoms with Crippen molar-refractivity contribution < 1.29 is 36.0 Å². The number of anilines is 1. The Morgan fingerprint density at radius 3 is 2.10 bits per heavy atom. The lowest BCUT2D eigenvalue weighted by Gasteiger charge is -2.14. The van der Waals surface area contributed by atoms with Gasteiger partial charge in [-0.15, -0.1) is 0 Å². The van der Waals surface area contributed by atoms with Gasteiger partial charge in [-0.3, -0.25) is 19.7 Å². The first-order valence-corrected chi connectivity index (χ1v) is 10.1. The minimum absolute atomic E-state index is 0.0174. The molecule has 162 valence electrons. The zero-order valence-electron chi connectivity index (χ0n) is 15.4. The van der Waals surface area contributed by atoms with Gasteiger partial charge in [-0.2, -0.15) is 0 Å². The molecule has 0 saturated heterocycles. The number of sulfonamides is 1. The number of carbonyl (C=O) groups excluding carboxylic acids is 1. The predicted octanol–water partition coefficient (Wildman–Crippen LogP) is 3.37. The molecule has 1 heterocycles. The summed E-state index contributed by atoms with van der Waals surface area (Å²) in [4.78, 5) is 14.9. The average Bonchev–Trinajstić information content (AvgIpc) is 2.76. The summed E-state index contributed by atoms with van der Waals surface area (Å²) in [6, 6.07) is 7.29. The van der Waals surface area contributed by atoms with Crippen LogP contribution in [0, 0.1) is 23.3 Å². The normalized spacial score (nSPS) is 11.3. The zero-order chi connectivity index (χ0) is 22.8. The monoisotopic (exact) mass is 455 g/mol. The smallest absolute Gasteiger partial charge is 0.274 e. The second-order valence-electron chi connectivity index (χ2n) is 6.25. The molecule has 31 heavy (non-hydrogen) atoms. The first-order chi connectivity index (χ1) is 14.6. The number of carbonyl (C=O) groups is 1. The van der Waals surface area contributed by atoms with Crippen molar-refractivity contribution in [2.24, 2.45) is 0 Å². The van der Waals surface area contributed by atoms with Crippen molar-refractivity contribution in [2.45, 2.75) is 5.75 Å². The lowest BCUT2D eigenvalue weighted by Crippen LogP contribution is -2.20. The Hall–Kier alpha value is -3.51. The van der Waals surface area contributed by atoms with E-state index in [1.807, 2.05) is 0 Å². The Balaban J connectivity index is 1.92. The summed E-state index contributed by atoms with van der Waals surface area (Å²) in [5, 5.41) is 8.56. The maximum Gasteiger partial charge on any atom is 0.274 e. The molecule has 0 radical (unpaired) electrons. The van der Waals surface area contributed by atoms with Crippen molar-refractivity contribution in [1.82, 2.24) is 10.5 Å². The molecule has 0 bridgehead atoms. The maximum absolute atomic E-state index is 14.4. The zero-order valence-corrected chi connectivity index (χ0v) is 16.2. The van der Waals surface area contributed by atoms with E-state index in [2.05, 4.69) is 4.98 Å². The highest BCUT2D eigenvalue weighted by Gasteiger charge is 2.29. The Bertz CT molecular complexity index is 1210. The van der Waals surface area contributed by atoms with Gasteiger partial charge in [0.2, 0.25) is 10.0 Å². The van der Waals surface area contributed by atoms with E-state index in [1.54, 1.807) is 0 Å². The summed E-state index contributed by atoms with van der Waals surface area (Å²) in [7, 11) is -4.51. The Morgan fingerprint density at radius 2 is 1.58 bits per heavy atom. The molecule has 0 spiro atoms. The molecule has 0 aliphatic heterocycles. The van der Waals surface area contributed by atoms with E-state index >= 15 is 0 Å². The van der Waals surface area contributed by atoms with E-state index in [0.29, 0.717) is 0 Å². The fourth-order valence-corrected chi connectivity index (χ4v) is 3.91.